The number of rotatable bonds is 2. The zero-order chi connectivity index (χ0) is 22.6. The molecular formula is C24H23F3N2O3. The first-order chi connectivity index (χ1) is 15.3. The van der Waals surface area contributed by atoms with Crippen LogP contribution in [0.15, 0.2) is 48.5 Å². The summed E-state index contributed by atoms with van der Waals surface area (Å²) in [5.74, 6) is -0.390. The molecule has 168 valence electrons. The van der Waals surface area contributed by atoms with Gasteiger partial charge < -0.3 is 14.8 Å². The van der Waals surface area contributed by atoms with E-state index in [-0.39, 0.29) is 12.0 Å². The lowest BCUT2D eigenvalue weighted by Crippen LogP contribution is -2.53. The maximum absolute atomic E-state index is 13.1. The van der Waals surface area contributed by atoms with Gasteiger partial charge in [0.15, 0.2) is 0 Å². The molecule has 0 aliphatic carbocycles. The lowest BCUT2D eigenvalue weighted by Gasteiger charge is -2.49. The number of ether oxygens (including phenoxy) is 1. The smallest absolute Gasteiger partial charge is 0.416 e. The molecule has 2 aliphatic rings. The number of esters is 1. The van der Waals surface area contributed by atoms with Crippen LogP contribution in [0.25, 0.3) is 10.9 Å². The summed E-state index contributed by atoms with van der Waals surface area (Å²) >= 11 is 0. The van der Waals surface area contributed by atoms with Crippen molar-refractivity contribution >= 4 is 16.9 Å². The first-order valence-corrected chi connectivity index (χ1v) is 10.6. The Balaban J connectivity index is 1.62. The standard InChI is InChI=1S/C24H23F3N2O3/c1-32-23(31)21-12-17-16-4-2-3-5-18(16)28-22(17)20-11-15(30)10-19(29(20)21)13-6-8-14(9-7-13)24(25,26)27/h2-9,15,19-21,28,30H,10-12H2,1H3/t15-,19-,20+,21-/m0/s1. The number of nitrogens with zero attached hydrogens (tertiary/aromatic N) is 1. The average Bonchev–Trinajstić information content (AvgIpc) is 3.16. The van der Waals surface area contributed by atoms with Crippen LogP contribution in [0.3, 0.4) is 0 Å². The molecule has 1 saturated heterocycles. The van der Waals surface area contributed by atoms with Gasteiger partial charge in [-0.15, -0.1) is 0 Å². The number of aliphatic hydroxyl groups is 1. The molecule has 1 aromatic heterocycles. The fourth-order valence-corrected chi connectivity index (χ4v) is 5.34. The van der Waals surface area contributed by atoms with E-state index in [9.17, 15) is 23.1 Å². The van der Waals surface area contributed by atoms with Gasteiger partial charge in [-0.1, -0.05) is 30.3 Å². The number of hydrogen-bond acceptors (Lipinski definition) is 4. The molecule has 0 unspecified atom stereocenters. The second-order valence-electron chi connectivity index (χ2n) is 8.53. The van der Waals surface area contributed by atoms with Gasteiger partial charge in [0.2, 0.25) is 0 Å². The SMILES string of the molecule is COC(=O)[C@@H]1Cc2c([nH]c3ccccc23)[C@H]2C[C@@H](O)C[C@@H](c3ccc(C(F)(F)F)cc3)N21. The summed E-state index contributed by atoms with van der Waals surface area (Å²) in [6.45, 7) is 0. The zero-order valence-corrected chi connectivity index (χ0v) is 17.4. The average molecular weight is 444 g/mol. The minimum Gasteiger partial charge on any atom is -0.468 e. The van der Waals surface area contributed by atoms with E-state index in [1.807, 2.05) is 29.2 Å². The van der Waals surface area contributed by atoms with Crippen molar-refractivity contribution in [2.45, 2.75) is 49.7 Å². The highest BCUT2D eigenvalue weighted by Crippen LogP contribution is 2.49. The molecule has 1 fully saturated rings. The molecule has 0 spiro atoms. The van der Waals surface area contributed by atoms with Gasteiger partial charge >= 0.3 is 12.1 Å². The van der Waals surface area contributed by atoms with Crippen LogP contribution < -0.4 is 0 Å². The lowest BCUT2D eigenvalue weighted by atomic mass is 9.80. The molecule has 2 N–H and O–H groups in total. The Bertz CT molecular complexity index is 1160. The van der Waals surface area contributed by atoms with Crippen LogP contribution >= 0.6 is 0 Å². The highest BCUT2D eigenvalue weighted by molar-refractivity contribution is 5.87. The van der Waals surface area contributed by atoms with E-state index >= 15 is 0 Å². The number of fused-ring (bicyclic) bond motifs is 5. The van der Waals surface area contributed by atoms with E-state index in [1.54, 1.807) is 0 Å². The van der Waals surface area contributed by atoms with E-state index in [0.29, 0.717) is 24.8 Å². The fourth-order valence-electron chi connectivity index (χ4n) is 5.34. The number of benzene rings is 2. The number of carbonyl (C=O) groups is 1. The number of H-pyrrole nitrogens is 1. The number of aromatic nitrogens is 1. The molecule has 2 aromatic carbocycles. The largest absolute Gasteiger partial charge is 0.468 e. The van der Waals surface area contributed by atoms with Crippen LogP contribution in [0.1, 0.15) is 47.3 Å². The van der Waals surface area contributed by atoms with Gasteiger partial charge in [0.05, 0.1) is 24.8 Å². The summed E-state index contributed by atoms with van der Waals surface area (Å²) in [7, 11) is 1.34. The fraction of sp³-hybridized carbons (Fsp3) is 0.375. The first-order valence-electron chi connectivity index (χ1n) is 10.6. The number of carbonyl (C=O) groups excluding carboxylic acids is 1. The molecule has 0 amide bonds. The molecule has 0 bridgehead atoms. The number of nitrogens with one attached hydrogen (secondary N) is 1. The van der Waals surface area contributed by atoms with E-state index in [1.165, 1.54) is 19.2 Å². The van der Waals surface area contributed by atoms with Crippen molar-refractivity contribution in [1.29, 1.82) is 0 Å². The predicted octanol–water partition coefficient (Wildman–Crippen LogP) is 4.52. The van der Waals surface area contributed by atoms with Gasteiger partial charge in [-0.3, -0.25) is 9.69 Å². The minimum atomic E-state index is -4.42. The van der Waals surface area contributed by atoms with Gasteiger partial charge in [0.25, 0.3) is 0 Å². The number of hydrogen-bond donors (Lipinski definition) is 2. The molecule has 0 radical (unpaired) electrons. The molecule has 3 aromatic rings. The van der Waals surface area contributed by atoms with Crippen LogP contribution in [-0.4, -0.2) is 40.2 Å². The number of piperidine rings is 1. The Morgan fingerprint density at radius 3 is 2.47 bits per heavy atom. The summed E-state index contributed by atoms with van der Waals surface area (Å²) in [6, 6.07) is 11.5. The molecule has 3 heterocycles. The van der Waals surface area contributed by atoms with E-state index in [2.05, 4.69) is 4.98 Å². The molecule has 0 saturated carbocycles. The van der Waals surface area contributed by atoms with Crippen molar-refractivity contribution in [3.8, 4) is 0 Å². The van der Waals surface area contributed by atoms with Crippen molar-refractivity contribution in [1.82, 2.24) is 9.88 Å². The third-order valence-corrected chi connectivity index (χ3v) is 6.74. The highest BCUT2D eigenvalue weighted by atomic mass is 19.4. The Labute approximate surface area is 182 Å². The van der Waals surface area contributed by atoms with E-state index in [4.69, 9.17) is 4.74 Å². The highest BCUT2D eigenvalue weighted by Gasteiger charge is 2.48. The van der Waals surface area contributed by atoms with Crippen LogP contribution in [0.4, 0.5) is 13.2 Å². The van der Waals surface area contributed by atoms with E-state index < -0.39 is 29.9 Å². The normalized spacial score (nSPS) is 25.9. The quantitative estimate of drug-likeness (QED) is 0.571. The van der Waals surface area contributed by atoms with Gasteiger partial charge in [0.1, 0.15) is 6.04 Å². The zero-order valence-electron chi connectivity index (χ0n) is 17.4. The van der Waals surface area contributed by atoms with Crippen LogP contribution in [0.5, 0.6) is 0 Å². The number of methoxy groups -OCH3 is 1. The molecule has 2 aliphatic heterocycles. The van der Waals surface area contributed by atoms with Crippen molar-refractivity contribution in [2.75, 3.05) is 7.11 Å². The summed E-state index contributed by atoms with van der Waals surface area (Å²) in [6.07, 6.45) is -3.91. The van der Waals surface area contributed by atoms with Crippen molar-refractivity contribution in [3.05, 3.63) is 70.9 Å². The van der Waals surface area contributed by atoms with Crippen molar-refractivity contribution in [2.24, 2.45) is 0 Å². The number of para-hydroxylation sites is 1. The molecule has 5 rings (SSSR count). The number of halogens is 3. The Morgan fingerprint density at radius 2 is 1.78 bits per heavy atom. The van der Waals surface area contributed by atoms with Gasteiger partial charge in [-0.05, 0) is 42.2 Å². The second-order valence-corrected chi connectivity index (χ2v) is 8.53. The molecular weight excluding hydrogens is 421 g/mol. The molecule has 32 heavy (non-hydrogen) atoms. The van der Waals surface area contributed by atoms with E-state index in [0.717, 1.165) is 34.3 Å². The first kappa shape index (κ1) is 21.0. The van der Waals surface area contributed by atoms with Crippen LogP contribution in [-0.2, 0) is 22.1 Å². The van der Waals surface area contributed by atoms with Crippen molar-refractivity contribution in [3.63, 3.8) is 0 Å². The monoisotopic (exact) mass is 444 g/mol. The third kappa shape index (κ3) is 3.38. The predicted molar refractivity (Wildman–Crippen MR) is 112 cm³/mol. The molecule has 5 nitrogen and oxygen atoms in total. The summed E-state index contributed by atoms with van der Waals surface area (Å²) in [5.41, 5.74) is 2.83. The topological polar surface area (TPSA) is 65.6 Å². The Morgan fingerprint density at radius 1 is 1.09 bits per heavy atom. The van der Waals surface area contributed by atoms with Crippen LogP contribution in [0, 0.1) is 0 Å². The number of aliphatic hydroxyl groups excluding tert-OH is 1. The maximum Gasteiger partial charge on any atom is 0.416 e. The summed E-state index contributed by atoms with van der Waals surface area (Å²) in [4.78, 5) is 18.3. The van der Waals surface area contributed by atoms with Gasteiger partial charge in [0, 0.05) is 29.1 Å². The molecule has 8 heteroatoms. The van der Waals surface area contributed by atoms with Crippen LogP contribution in [0.2, 0.25) is 0 Å². The Hall–Kier alpha value is -2.84. The minimum absolute atomic E-state index is 0.286. The Kier molecular flexibility index (Phi) is 5.02. The maximum atomic E-state index is 13.1. The van der Waals surface area contributed by atoms with Crippen molar-refractivity contribution < 1.29 is 27.8 Å². The number of alkyl halides is 3. The number of aromatic amines is 1. The third-order valence-electron chi connectivity index (χ3n) is 6.74. The second kappa shape index (κ2) is 7.64. The van der Waals surface area contributed by atoms with Gasteiger partial charge in [-0.2, -0.15) is 13.2 Å². The summed E-state index contributed by atoms with van der Waals surface area (Å²) in [5, 5.41) is 11.7. The molecule has 4 atom stereocenters. The van der Waals surface area contributed by atoms with Gasteiger partial charge in [-0.25, -0.2) is 0 Å². The summed E-state index contributed by atoms with van der Waals surface area (Å²) < 4.78 is 44.3. The lowest BCUT2D eigenvalue weighted by molar-refractivity contribution is -0.153.